The minimum atomic E-state index is -0.791. The zero-order chi connectivity index (χ0) is 12.9. The molecule has 0 aliphatic heterocycles. The summed E-state index contributed by atoms with van der Waals surface area (Å²) < 4.78 is 5.14. The summed E-state index contributed by atoms with van der Waals surface area (Å²) in [6, 6.07) is 7.24. The van der Waals surface area contributed by atoms with Gasteiger partial charge in [-0.2, -0.15) is 0 Å². The lowest BCUT2D eigenvalue weighted by molar-refractivity contribution is -0.151. The molecule has 1 rings (SSSR count). The molecule has 94 valence electrons. The number of rotatable bonds is 5. The highest BCUT2D eigenvalue weighted by atomic mass is 35.5. The van der Waals surface area contributed by atoms with Gasteiger partial charge in [-0.3, -0.25) is 0 Å². The van der Waals surface area contributed by atoms with Crippen LogP contribution in [0.5, 0.6) is 0 Å². The van der Waals surface area contributed by atoms with E-state index >= 15 is 0 Å². The fourth-order valence-corrected chi connectivity index (χ4v) is 2.00. The van der Waals surface area contributed by atoms with Crippen molar-refractivity contribution in [2.75, 3.05) is 13.7 Å². The lowest BCUT2D eigenvalue weighted by atomic mass is 9.87. The van der Waals surface area contributed by atoms with Gasteiger partial charge in [0.1, 0.15) is 5.54 Å². The third-order valence-electron chi connectivity index (χ3n) is 2.92. The second-order valence-electron chi connectivity index (χ2n) is 3.74. The average molecular weight is 256 g/mol. The number of halogens is 1. The molecule has 17 heavy (non-hydrogen) atoms. The van der Waals surface area contributed by atoms with E-state index in [1.165, 1.54) is 0 Å². The smallest absolute Gasteiger partial charge is 0.330 e. The Morgan fingerprint density at radius 1 is 1.35 bits per heavy atom. The number of likely N-dealkylation sites (N-methyl/N-ethyl adjacent to an activating group) is 1. The van der Waals surface area contributed by atoms with Gasteiger partial charge in [0.25, 0.3) is 0 Å². The van der Waals surface area contributed by atoms with Gasteiger partial charge >= 0.3 is 5.97 Å². The molecule has 0 aliphatic rings. The first-order chi connectivity index (χ1) is 8.10. The Morgan fingerprint density at radius 3 is 2.35 bits per heavy atom. The Balaban J connectivity index is 3.14. The van der Waals surface area contributed by atoms with Crippen LogP contribution in [0.2, 0.25) is 5.02 Å². The zero-order valence-electron chi connectivity index (χ0n) is 10.4. The van der Waals surface area contributed by atoms with Crippen molar-refractivity contribution in [3.8, 4) is 0 Å². The maximum absolute atomic E-state index is 12.1. The maximum Gasteiger partial charge on any atom is 0.330 e. The Bertz CT molecular complexity index is 372. The van der Waals surface area contributed by atoms with E-state index < -0.39 is 5.54 Å². The van der Waals surface area contributed by atoms with Crippen LogP contribution < -0.4 is 5.32 Å². The molecule has 0 aromatic heterocycles. The van der Waals surface area contributed by atoms with Crippen LogP contribution in [0, 0.1) is 0 Å². The lowest BCUT2D eigenvalue weighted by Crippen LogP contribution is -2.48. The first kappa shape index (κ1) is 14.0. The molecule has 0 aliphatic carbocycles. The van der Waals surface area contributed by atoms with Crippen LogP contribution in [0.15, 0.2) is 24.3 Å². The molecule has 1 unspecified atom stereocenters. The molecule has 4 heteroatoms. The number of esters is 1. The minimum Gasteiger partial charge on any atom is -0.464 e. The highest BCUT2D eigenvalue weighted by Gasteiger charge is 2.38. The van der Waals surface area contributed by atoms with Gasteiger partial charge in [0.05, 0.1) is 6.61 Å². The van der Waals surface area contributed by atoms with Gasteiger partial charge in [0, 0.05) is 5.02 Å². The average Bonchev–Trinajstić information content (AvgIpc) is 2.34. The fourth-order valence-electron chi connectivity index (χ4n) is 1.88. The van der Waals surface area contributed by atoms with Crippen molar-refractivity contribution in [2.24, 2.45) is 0 Å². The second kappa shape index (κ2) is 6.03. The Kier molecular flexibility index (Phi) is 4.97. The van der Waals surface area contributed by atoms with Gasteiger partial charge in [0.2, 0.25) is 0 Å². The van der Waals surface area contributed by atoms with E-state index in [1.54, 1.807) is 26.1 Å². The second-order valence-corrected chi connectivity index (χ2v) is 4.17. The standard InChI is InChI=1S/C13H18ClNO2/c1-4-13(15-3,12(16)17-5-2)10-6-8-11(14)9-7-10/h6-9,15H,4-5H2,1-3H3. The topological polar surface area (TPSA) is 38.3 Å². The van der Waals surface area contributed by atoms with E-state index in [9.17, 15) is 4.79 Å². The highest BCUT2D eigenvalue weighted by molar-refractivity contribution is 6.30. The van der Waals surface area contributed by atoms with Crippen LogP contribution in [0.25, 0.3) is 0 Å². The predicted molar refractivity (Wildman–Crippen MR) is 69.1 cm³/mol. The summed E-state index contributed by atoms with van der Waals surface area (Å²) in [7, 11) is 1.76. The summed E-state index contributed by atoms with van der Waals surface area (Å²) in [5, 5.41) is 3.72. The minimum absolute atomic E-state index is 0.257. The number of hydrogen-bond acceptors (Lipinski definition) is 3. The summed E-state index contributed by atoms with van der Waals surface area (Å²) in [4.78, 5) is 12.1. The maximum atomic E-state index is 12.1. The van der Waals surface area contributed by atoms with E-state index in [2.05, 4.69) is 5.32 Å². The van der Waals surface area contributed by atoms with E-state index in [0.29, 0.717) is 18.1 Å². The van der Waals surface area contributed by atoms with Crippen molar-refractivity contribution in [3.05, 3.63) is 34.9 Å². The summed E-state index contributed by atoms with van der Waals surface area (Å²) in [5.74, 6) is -0.257. The molecule has 0 amide bonds. The van der Waals surface area contributed by atoms with Crippen LogP contribution >= 0.6 is 11.6 Å². The van der Waals surface area contributed by atoms with Crippen molar-refractivity contribution in [1.82, 2.24) is 5.32 Å². The third kappa shape index (κ3) is 2.79. The lowest BCUT2D eigenvalue weighted by Gasteiger charge is -2.30. The first-order valence-electron chi connectivity index (χ1n) is 5.73. The van der Waals surface area contributed by atoms with Crippen molar-refractivity contribution in [1.29, 1.82) is 0 Å². The molecule has 0 bridgehead atoms. The van der Waals surface area contributed by atoms with E-state index in [0.717, 1.165) is 5.56 Å². The van der Waals surface area contributed by atoms with Gasteiger partial charge in [0.15, 0.2) is 0 Å². The zero-order valence-corrected chi connectivity index (χ0v) is 11.2. The van der Waals surface area contributed by atoms with Crippen LogP contribution in [0.3, 0.4) is 0 Å². The number of carbonyl (C=O) groups is 1. The summed E-state index contributed by atoms with van der Waals surface area (Å²) in [5.41, 5.74) is 0.0750. The van der Waals surface area contributed by atoms with Crippen molar-refractivity contribution >= 4 is 17.6 Å². The number of benzene rings is 1. The molecular weight excluding hydrogens is 238 g/mol. The number of nitrogens with one attached hydrogen (secondary N) is 1. The molecule has 0 fully saturated rings. The molecule has 0 saturated carbocycles. The molecule has 0 spiro atoms. The quantitative estimate of drug-likeness (QED) is 0.823. The van der Waals surface area contributed by atoms with E-state index in [4.69, 9.17) is 16.3 Å². The normalized spacial score (nSPS) is 14.1. The SMILES string of the molecule is CCOC(=O)C(CC)(NC)c1ccc(Cl)cc1. The molecule has 3 nitrogen and oxygen atoms in total. The number of ether oxygens (including phenoxy) is 1. The highest BCUT2D eigenvalue weighted by Crippen LogP contribution is 2.27. The summed E-state index contributed by atoms with van der Waals surface area (Å²) >= 11 is 5.85. The summed E-state index contributed by atoms with van der Waals surface area (Å²) in [6.45, 7) is 4.12. The van der Waals surface area contributed by atoms with Crippen molar-refractivity contribution in [2.45, 2.75) is 25.8 Å². The van der Waals surface area contributed by atoms with Gasteiger partial charge < -0.3 is 10.1 Å². The van der Waals surface area contributed by atoms with Gasteiger partial charge in [-0.05, 0) is 38.1 Å². The van der Waals surface area contributed by atoms with Crippen molar-refractivity contribution in [3.63, 3.8) is 0 Å². The molecule has 1 atom stereocenters. The third-order valence-corrected chi connectivity index (χ3v) is 3.17. The van der Waals surface area contributed by atoms with E-state index in [-0.39, 0.29) is 5.97 Å². The van der Waals surface area contributed by atoms with Gasteiger partial charge in [-0.25, -0.2) is 4.79 Å². The molecule has 0 radical (unpaired) electrons. The fraction of sp³-hybridized carbons (Fsp3) is 0.462. The Labute approximate surface area is 107 Å². The van der Waals surface area contributed by atoms with Gasteiger partial charge in [-0.15, -0.1) is 0 Å². The summed E-state index contributed by atoms with van der Waals surface area (Å²) in [6.07, 6.45) is 0.615. The number of carbonyl (C=O) groups excluding carboxylic acids is 1. The molecule has 0 saturated heterocycles. The van der Waals surface area contributed by atoms with Crippen LogP contribution in [0.4, 0.5) is 0 Å². The number of hydrogen-bond donors (Lipinski definition) is 1. The monoisotopic (exact) mass is 255 g/mol. The molecule has 1 aromatic carbocycles. The van der Waals surface area contributed by atoms with Crippen LogP contribution in [-0.4, -0.2) is 19.6 Å². The molecule has 0 heterocycles. The van der Waals surface area contributed by atoms with E-state index in [1.807, 2.05) is 19.1 Å². The molecule has 1 N–H and O–H groups in total. The molecular formula is C13H18ClNO2. The van der Waals surface area contributed by atoms with Crippen molar-refractivity contribution < 1.29 is 9.53 Å². The predicted octanol–water partition coefficient (Wildman–Crippen LogP) is 2.73. The Hall–Kier alpha value is -1.06. The molecule has 1 aromatic rings. The first-order valence-corrected chi connectivity index (χ1v) is 6.10. The Morgan fingerprint density at radius 2 is 1.94 bits per heavy atom. The largest absolute Gasteiger partial charge is 0.464 e. The van der Waals surface area contributed by atoms with Gasteiger partial charge in [-0.1, -0.05) is 30.7 Å². The van der Waals surface area contributed by atoms with Crippen LogP contribution in [0.1, 0.15) is 25.8 Å². The van der Waals surface area contributed by atoms with Crippen LogP contribution in [-0.2, 0) is 15.1 Å².